The lowest BCUT2D eigenvalue weighted by atomic mass is 10.1. The summed E-state index contributed by atoms with van der Waals surface area (Å²) in [5, 5.41) is 2.88. The van der Waals surface area contributed by atoms with Crippen molar-refractivity contribution in [3.63, 3.8) is 0 Å². The standard InChI is InChI=1S/C19H24N4O/c20-18-6-4-5-17(22-18)19(24)21-13-15-7-9-16(10-8-15)14-23-11-2-1-3-12-23/h4-10H,1-3,11-14H2,(H2,20,22)(H,21,24). The molecule has 1 amide bonds. The Labute approximate surface area is 142 Å². The average Bonchev–Trinajstić information content (AvgIpc) is 2.62. The van der Waals surface area contributed by atoms with Crippen molar-refractivity contribution in [1.82, 2.24) is 15.2 Å². The van der Waals surface area contributed by atoms with Crippen LogP contribution in [-0.2, 0) is 13.1 Å². The van der Waals surface area contributed by atoms with Gasteiger partial charge in [0.05, 0.1) is 0 Å². The second-order valence-corrected chi connectivity index (χ2v) is 6.28. The molecule has 2 heterocycles. The second-order valence-electron chi connectivity index (χ2n) is 6.28. The Hall–Kier alpha value is -2.40. The molecular formula is C19H24N4O. The highest BCUT2D eigenvalue weighted by Crippen LogP contribution is 2.13. The van der Waals surface area contributed by atoms with Gasteiger partial charge in [-0.25, -0.2) is 4.98 Å². The molecule has 126 valence electrons. The van der Waals surface area contributed by atoms with Crippen LogP contribution in [-0.4, -0.2) is 28.9 Å². The molecule has 0 saturated carbocycles. The quantitative estimate of drug-likeness (QED) is 0.887. The smallest absolute Gasteiger partial charge is 0.270 e. The molecule has 0 radical (unpaired) electrons. The van der Waals surface area contributed by atoms with Gasteiger partial charge >= 0.3 is 0 Å². The van der Waals surface area contributed by atoms with E-state index in [0.717, 1.165) is 12.1 Å². The first kappa shape index (κ1) is 16.5. The molecule has 2 aromatic rings. The number of pyridine rings is 1. The van der Waals surface area contributed by atoms with Crippen LogP contribution in [0.1, 0.15) is 40.9 Å². The monoisotopic (exact) mass is 324 g/mol. The summed E-state index contributed by atoms with van der Waals surface area (Å²) in [7, 11) is 0. The Morgan fingerprint density at radius 2 is 1.75 bits per heavy atom. The zero-order chi connectivity index (χ0) is 16.8. The number of carbonyl (C=O) groups excluding carboxylic acids is 1. The molecule has 1 aliphatic rings. The highest BCUT2D eigenvalue weighted by Gasteiger charge is 2.10. The van der Waals surface area contributed by atoms with Crippen LogP contribution < -0.4 is 11.1 Å². The molecule has 0 bridgehead atoms. The van der Waals surface area contributed by atoms with Gasteiger partial charge in [0.2, 0.25) is 0 Å². The van der Waals surface area contributed by atoms with E-state index in [2.05, 4.69) is 39.5 Å². The molecule has 24 heavy (non-hydrogen) atoms. The number of nitrogen functional groups attached to an aromatic ring is 1. The molecule has 0 unspecified atom stereocenters. The molecule has 1 aromatic heterocycles. The third-order valence-corrected chi connectivity index (χ3v) is 4.33. The van der Waals surface area contributed by atoms with E-state index in [1.807, 2.05) is 0 Å². The SMILES string of the molecule is Nc1cccc(C(=O)NCc2ccc(CN3CCCCC3)cc2)n1. The van der Waals surface area contributed by atoms with Gasteiger partial charge in [0.15, 0.2) is 0 Å². The van der Waals surface area contributed by atoms with Crippen molar-refractivity contribution < 1.29 is 4.79 Å². The van der Waals surface area contributed by atoms with Gasteiger partial charge in [0, 0.05) is 13.1 Å². The van der Waals surface area contributed by atoms with Gasteiger partial charge in [0.1, 0.15) is 11.5 Å². The van der Waals surface area contributed by atoms with E-state index in [4.69, 9.17) is 5.73 Å². The Morgan fingerprint density at radius 1 is 1.04 bits per heavy atom. The number of hydrogen-bond acceptors (Lipinski definition) is 4. The van der Waals surface area contributed by atoms with Gasteiger partial charge in [0.25, 0.3) is 5.91 Å². The van der Waals surface area contributed by atoms with Gasteiger partial charge in [-0.05, 0) is 49.2 Å². The number of benzene rings is 1. The fourth-order valence-corrected chi connectivity index (χ4v) is 2.99. The normalized spacial score (nSPS) is 15.2. The minimum Gasteiger partial charge on any atom is -0.384 e. The Bertz CT molecular complexity index is 678. The minimum absolute atomic E-state index is 0.209. The summed E-state index contributed by atoms with van der Waals surface area (Å²) < 4.78 is 0. The van der Waals surface area contributed by atoms with Gasteiger partial charge < -0.3 is 11.1 Å². The number of rotatable bonds is 5. The van der Waals surface area contributed by atoms with Crippen LogP contribution in [0.5, 0.6) is 0 Å². The fourth-order valence-electron chi connectivity index (χ4n) is 2.99. The largest absolute Gasteiger partial charge is 0.384 e. The maximum Gasteiger partial charge on any atom is 0.270 e. The first-order valence-electron chi connectivity index (χ1n) is 8.51. The number of nitrogens with one attached hydrogen (secondary N) is 1. The topological polar surface area (TPSA) is 71.2 Å². The van der Waals surface area contributed by atoms with Crippen molar-refractivity contribution in [1.29, 1.82) is 0 Å². The summed E-state index contributed by atoms with van der Waals surface area (Å²) in [6.45, 7) is 3.90. The Morgan fingerprint density at radius 3 is 2.46 bits per heavy atom. The number of aromatic nitrogens is 1. The molecule has 0 aliphatic carbocycles. The van der Waals surface area contributed by atoms with E-state index >= 15 is 0 Å². The van der Waals surface area contributed by atoms with Crippen LogP contribution in [0.25, 0.3) is 0 Å². The van der Waals surface area contributed by atoms with E-state index < -0.39 is 0 Å². The van der Waals surface area contributed by atoms with Gasteiger partial charge in [-0.2, -0.15) is 0 Å². The molecule has 0 spiro atoms. The zero-order valence-electron chi connectivity index (χ0n) is 13.9. The summed E-state index contributed by atoms with van der Waals surface area (Å²) >= 11 is 0. The van der Waals surface area contributed by atoms with Gasteiger partial charge in [-0.15, -0.1) is 0 Å². The lowest BCUT2D eigenvalue weighted by Crippen LogP contribution is -2.29. The molecule has 1 saturated heterocycles. The average molecular weight is 324 g/mol. The summed E-state index contributed by atoms with van der Waals surface area (Å²) in [5.74, 6) is 0.143. The Balaban J connectivity index is 1.51. The number of nitrogens with zero attached hydrogens (tertiary/aromatic N) is 2. The third-order valence-electron chi connectivity index (χ3n) is 4.33. The molecule has 5 heteroatoms. The van der Waals surface area contributed by atoms with Crippen molar-refractivity contribution in [3.05, 3.63) is 59.3 Å². The van der Waals surface area contributed by atoms with E-state index in [9.17, 15) is 4.79 Å². The zero-order valence-corrected chi connectivity index (χ0v) is 13.9. The maximum atomic E-state index is 12.1. The number of carbonyl (C=O) groups is 1. The Kier molecular flexibility index (Phi) is 5.43. The van der Waals surface area contributed by atoms with Crippen molar-refractivity contribution in [2.45, 2.75) is 32.4 Å². The van der Waals surface area contributed by atoms with Crippen LogP contribution >= 0.6 is 0 Å². The number of hydrogen-bond donors (Lipinski definition) is 2. The number of nitrogens with two attached hydrogens (primary N) is 1. The lowest BCUT2D eigenvalue weighted by Gasteiger charge is -2.26. The highest BCUT2D eigenvalue weighted by atomic mass is 16.1. The molecular weight excluding hydrogens is 300 g/mol. The molecule has 1 aliphatic heterocycles. The third kappa shape index (κ3) is 4.55. The summed E-state index contributed by atoms with van der Waals surface area (Å²) in [4.78, 5) is 18.6. The summed E-state index contributed by atoms with van der Waals surface area (Å²) in [6, 6.07) is 13.5. The fraction of sp³-hybridized carbons (Fsp3) is 0.368. The first-order valence-corrected chi connectivity index (χ1v) is 8.51. The summed E-state index contributed by atoms with van der Waals surface area (Å²) in [5.41, 5.74) is 8.35. The molecule has 3 rings (SSSR count). The van der Waals surface area contributed by atoms with Gasteiger partial charge in [-0.1, -0.05) is 36.8 Å². The van der Waals surface area contributed by atoms with Crippen molar-refractivity contribution in [3.8, 4) is 0 Å². The second kappa shape index (κ2) is 7.93. The molecule has 1 fully saturated rings. The van der Waals surface area contributed by atoms with Gasteiger partial charge in [-0.3, -0.25) is 9.69 Å². The van der Waals surface area contributed by atoms with E-state index in [1.165, 1.54) is 37.9 Å². The lowest BCUT2D eigenvalue weighted by molar-refractivity contribution is 0.0946. The van der Waals surface area contributed by atoms with Crippen LogP contribution in [0.4, 0.5) is 5.82 Å². The molecule has 1 aromatic carbocycles. The summed E-state index contributed by atoms with van der Waals surface area (Å²) in [6.07, 6.45) is 3.97. The van der Waals surface area contributed by atoms with Crippen LogP contribution in [0, 0.1) is 0 Å². The molecule has 0 atom stereocenters. The minimum atomic E-state index is -0.209. The van der Waals surface area contributed by atoms with E-state index in [0.29, 0.717) is 18.1 Å². The van der Waals surface area contributed by atoms with E-state index in [-0.39, 0.29) is 5.91 Å². The van der Waals surface area contributed by atoms with Crippen molar-refractivity contribution in [2.75, 3.05) is 18.8 Å². The maximum absolute atomic E-state index is 12.1. The number of amides is 1. The van der Waals surface area contributed by atoms with E-state index in [1.54, 1.807) is 18.2 Å². The first-order chi connectivity index (χ1) is 11.7. The number of piperidine rings is 1. The predicted octanol–water partition coefficient (Wildman–Crippen LogP) is 2.58. The molecule has 5 nitrogen and oxygen atoms in total. The van der Waals surface area contributed by atoms with Crippen LogP contribution in [0.15, 0.2) is 42.5 Å². The number of likely N-dealkylation sites (tertiary alicyclic amines) is 1. The highest BCUT2D eigenvalue weighted by molar-refractivity contribution is 5.92. The van der Waals surface area contributed by atoms with Crippen LogP contribution in [0.3, 0.4) is 0 Å². The van der Waals surface area contributed by atoms with Crippen molar-refractivity contribution in [2.24, 2.45) is 0 Å². The number of anilines is 1. The van der Waals surface area contributed by atoms with Crippen LogP contribution in [0.2, 0.25) is 0 Å². The molecule has 3 N–H and O–H groups in total. The van der Waals surface area contributed by atoms with Crippen molar-refractivity contribution >= 4 is 11.7 Å². The predicted molar refractivity (Wildman–Crippen MR) is 95.4 cm³/mol.